The van der Waals surface area contributed by atoms with Crippen LogP contribution in [0.4, 0.5) is 5.82 Å². The van der Waals surface area contributed by atoms with E-state index in [-0.39, 0.29) is 17.0 Å². The predicted molar refractivity (Wildman–Crippen MR) is 111 cm³/mol. The average Bonchev–Trinajstić information content (AvgIpc) is 3.48. The molecule has 4 heterocycles. The Kier molecular flexibility index (Phi) is 4.32. The zero-order valence-corrected chi connectivity index (χ0v) is 16.2. The average molecular weight is 423 g/mol. The molecule has 30 heavy (non-hydrogen) atoms. The van der Waals surface area contributed by atoms with Gasteiger partial charge >= 0.3 is 0 Å². The van der Waals surface area contributed by atoms with Crippen molar-refractivity contribution >= 4 is 45.1 Å². The molecule has 10 nitrogen and oxygen atoms in total. The van der Waals surface area contributed by atoms with E-state index in [0.29, 0.717) is 24.4 Å². The molecule has 150 valence electrons. The SMILES string of the molecule is Nc1nc2cc(-c3cc[nH]n3)ccc2c2cn(CCNC(=O)c3coc(Cl)n3)nc12. The highest BCUT2D eigenvalue weighted by atomic mass is 35.5. The molecule has 11 heteroatoms. The second-order valence-corrected chi connectivity index (χ2v) is 6.91. The molecular weight excluding hydrogens is 408 g/mol. The van der Waals surface area contributed by atoms with Crippen LogP contribution < -0.4 is 11.1 Å². The Balaban J connectivity index is 1.40. The van der Waals surface area contributed by atoms with Gasteiger partial charge in [0.1, 0.15) is 11.8 Å². The van der Waals surface area contributed by atoms with Gasteiger partial charge < -0.3 is 15.5 Å². The van der Waals surface area contributed by atoms with Crippen LogP contribution in [0.25, 0.3) is 33.1 Å². The number of H-pyrrole nitrogens is 1. The van der Waals surface area contributed by atoms with Crippen LogP contribution in [0.1, 0.15) is 10.5 Å². The van der Waals surface area contributed by atoms with E-state index in [2.05, 4.69) is 30.6 Å². The number of nitrogens with zero attached hydrogens (tertiary/aromatic N) is 5. The quantitative estimate of drug-likeness (QED) is 0.395. The molecule has 0 unspecified atom stereocenters. The van der Waals surface area contributed by atoms with Gasteiger partial charge in [0.15, 0.2) is 11.5 Å². The Morgan fingerprint density at radius 2 is 2.17 bits per heavy atom. The van der Waals surface area contributed by atoms with Gasteiger partial charge in [-0.05, 0) is 23.7 Å². The summed E-state index contributed by atoms with van der Waals surface area (Å²) < 4.78 is 6.55. The van der Waals surface area contributed by atoms with Crippen molar-refractivity contribution in [3.63, 3.8) is 0 Å². The highest BCUT2D eigenvalue weighted by molar-refractivity contribution is 6.27. The Morgan fingerprint density at radius 3 is 2.93 bits per heavy atom. The first-order valence-electron chi connectivity index (χ1n) is 9.04. The van der Waals surface area contributed by atoms with Gasteiger partial charge in [0, 0.05) is 35.3 Å². The van der Waals surface area contributed by atoms with Crippen LogP contribution in [0, 0.1) is 0 Å². The summed E-state index contributed by atoms with van der Waals surface area (Å²) in [6.45, 7) is 0.782. The molecule has 0 bridgehead atoms. The highest BCUT2D eigenvalue weighted by Gasteiger charge is 2.13. The van der Waals surface area contributed by atoms with Crippen LogP contribution in [0.2, 0.25) is 5.35 Å². The number of carbonyl (C=O) groups is 1. The van der Waals surface area contributed by atoms with Crippen LogP contribution in [0.5, 0.6) is 0 Å². The Morgan fingerprint density at radius 1 is 1.27 bits per heavy atom. The van der Waals surface area contributed by atoms with E-state index >= 15 is 0 Å². The Bertz CT molecular complexity index is 1370. The maximum absolute atomic E-state index is 12.0. The van der Waals surface area contributed by atoms with Crippen molar-refractivity contribution in [1.82, 2.24) is 35.3 Å². The van der Waals surface area contributed by atoms with Crippen molar-refractivity contribution in [2.75, 3.05) is 12.3 Å². The number of pyridine rings is 1. The number of carbonyl (C=O) groups excluding carboxylic acids is 1. The van der Waals surface area contributed by atoms with Gasteiger partial charge in [-0.3, -0.25) is 14.6 Å². The number of fused-ring (bicyclic) bond motifs is 3. The summed E-state index contributed by atoms with van der Waals surface area (Å²) >= 11 is 5.59. The number of aromatic nitrogens is 6. The molecule has 1 amide bonds. The lowest BCUT2D eigenvalue weighted by Gasteiger charge is -2.03. The smallest absolute Gasteiger partial charge is 0.292 e. The van der Waals surface area contributed by atoms with E-state index in [0.717, 1.165) is 27.5 Å². The Labute approximate surface area is 174 Å². The van der Waals surface area contributed by atoms with Crippen LogP contribution in [-0.4, -0.2) is 42.4 Å². The van der Waals surface area contributed by atoms with E-state index in [1.54, 1.807) is 10.9 Å². The number of halogens is 1. The van der Waals surface area contributed by atoms with Gasteiger partial charge in [0.25, 0.3) is 11.3 Å². The molecule has 0 spiro atoms. The van der Waals surface area contributed by atoms with Crippen LogP contribution >= 0.6 is 11.6 Å². The first kappa shape index (κ1) is 18.1. The number of nitrogens with one attached hydrogen (secondary N) is 2. The van der Waals surface area contributed by atoms with Crippen molar-refractivity contribution in [2.45, 2.75) is 6.54 Å². The lowest BCUT2D eigenvalue weighted by atomic mass is 10.1. The van der Waals surface area contributed by atoms with Crippen LogP contribution in [-0.2, 0) is 6.54 Å². The molecule has 4 N–H and O–H groups in total. The molecule has 4 aromatic heterocycles. The fraction of sp³-hybridized carbons (Fsp3) is 0.105. The van der Waals surface area contributed by atoms with Crippen molar-refractivity contribution in [1.29, 1.82) is 0 Å². The number of nitrogen functional groups attached to an aromatic ring is 1. The number of anilines is 1. The lowest BCUT2D eigenvalue weighted by molar-refractivity contribution is 0.0947. The molecule has 0 atom stereocenters. The van der Waals surface area contributed by atoms with Crippen molar-refractivity contribution < 1.29 is 9.21 Å². The summed E-state index contributed by atoms with van der Waals surface area (Å²) in [6.07, 6.45) is 4.86. The zero-order chi connectivity index (χ0) is 20.7. The lowest BCUT2D eigenvalue weighted by Crippen LogP contribution is -2.27. The van der Waals surface area contributed by atoms with Crippen molar-refractivity contribution in [2.24, 2.45) is 0 Å². The first-order chi connectivity index (χ1) is 14.6. The minimum absolute atomic E-state index is 0.0798. The molecule has 0 aliphatic rings. The van der Waals surface area contributed by atoms with E-state index in [1.807, 2.05) is 30.5 Å². The summed E-state index contributed by atoms with van der Waals surface area (Å²) in [4.78, 5) is 20.3. The number of oxazole rings is 1. The fourth-order valence-corrected chi connectivity index (χ4v) is 3.40. The minimum Gasteiger partial charge on any atom is -0.435 e. The van der Waals surface area contributed by atoms with Crippen molar-refractivity contribution in [3.05, 3.63) is 54.0 Å². The van der Waals surface area contributed by atoms with Gasteiger partial charge in [-0.1, -0.05) is 12.1 Å². The van der Waals surface area contributed by atoms with Crippen molar-refractivity contribution in [3.8, 4) is 11.3 Å². The molecule has 0 radical (unpaired) electrons. The largest absolute Gasteiger partial charge is 0.435 e. The topological polar surface area (TPSA) is 141 Å². The van der Waals surface area contributed by atoms with E-state index in [1.165, 1.54) is 6.26 Å². The number of amides is 1. The molecular formula is C19H15ClN8O2. The monoisotopic (exact) mass is 422 g/mol. The van der Waals surface area contributed by atoms with Gasteiger partial charge in [0.05, 0.1) is 17.8 Å². The normalized spacial score (nSPS) is 11.4. The van der Waals surface area contributed by atoms with Gasteiger partial charge in [-0.15, -0.1) is 0 Å². The summed E-state index contributed by atoms with van der Waals surface area (Å²) in [7, 11) is 0. The third-order valence-corrected chi connectivity index (χ3v) is 4.84. The molecule has 0 fully saturated rings. The van der Waals surface area contributed by atoms with Gasteiger partial charge in [-0.25, -0.2) is 4.98 Å². The van der Waals surface area contributed by atoms with E-state index < -0.39 is 0 Å². The number of hydrogen-bond donors (Lipinski definition) is 3. The summed E-state index contributed by atoms with van der Waals surface area (Å²) in [6, 6.07) is 7.80. The van der Waals surface area contributed by atoms with Crippen LogP contribution in [0.15, 0.2) is 47.3 Å². The molecule has 1 aromatic carbocycles. The van der Waals surface area contributed by atoms with Gasteiger partial charge in [0.2, 0.25) is 0 Å². The second-order valence-electron chi connectivity index (χ2n) is 6.58. The zero-order valence-electron chi connectivity index (χ0n) is 15.5. The summed E-state index contributed by atoms with van der Waals surface area (Å²) in [5, 5.41) is 16.0. The number of benzene rings is 1. The van der Waals surface area contributed by atoms with Gasteiger partial charge in [-0.2, -0.15) is 15.2 Å². The number of rotatable bonds is 5. The predicted octanol–water partition coefficient (Wildman–Crippen LogP) is 2.63. The molecule has 0 aliphatic heterocycles. The minimum atomic E-state index is -0.375. The van der Waals surface area contributed by atoms with E-state index in [9.17, 15) is 4.79 Å². The fourth-order valence-electron chi connectivity index (χ4n) is 3.27. The number of aromatic amines is 1. The third kappa shape index (κ3) is 3.22. The third-order valence-electron chi connectivity index (χ3n) is 4.66. The van der Waals surface area contributed by atoms with E-state index in [4.69, 9.17) is 21.8 Å². The standard InChI is InChI=1S/C19H15ClN8O2/c20-19-25-15(9-30-19)18(29)22-5-6-28-8-12-11-2-1-10(13-3-4-23-26-13)7-14(11)24-17(21)16(12)27-28/h1-4,7-9H,5-6H2,(H2,21,24)(H,22,29)(H,23,26). The summed E-state index contributed by atoms with van der Waals surface area (Å²) in [5.41, 5.74) is 9.42. The highest BCUT2D eigenvalue weighted by Crippen LogP contribution is 2.29. The molecule has 5 rings (SSSR count). The molecule has 5 aromatic rings. The number of hydrogen-bond acceptors (Lipinski definition) is 7. The second kappa shape index (κ2) is 7.16. The molecule has 0 saturated carbocycles. The number of nitrogens with two attached hydrogens (primary N) is 1. The summed E-state index contributed by atoms with van der Waals surface area (Å²) in [5.74, 6) is -0.0309. The maximum atomic E-state index is 12.0. The maximum Gasteiger partial charge on any atom is 0.292 e. The Hall–Kier alpha value is -3.92. The van der Waals surface area contributed by atoms with Crippen LogP contribution in [0.3, 0.4) is 0 Å². The first-order valence-corrected chi connectivity index (χ1v) is 9.42. The molecule has 0 saturated heterocycles. The molecule has 0 aliphatic carbocycles.